The zero-order valence-corrected chi connectivity index (χ0v) is 18.9. The summed E-state index contributed by atoms with van der Waals surface area (Å²) in [6.45, 7) is 3.64. The van der Waals surface area contributed by atoms with Crippen molar-refractivity contribution in [1.29, 1.82) is 0 Å². The number of fused-ring (bicyclic) bond motifs is 1. The molecule has 1 aliphatic rings. The van der Waals surface area contributed by atoms with E-state index in [0.29, 0.717) is 11.2 Å². The standard InChI is InChI=1S/C16H26N5O8PS/c1-9(2)28-12-10(4-5-31(25,26)8-30(22,23)24)29-16(13(12)27-3)21-7-20-11-14(17)18-6-19-15(11)21/h6-7,9-10,12-13,16H,4-5,8H2,1-3H3,(H2,17,18,19)(H2,22,23,24)/t10-,12-,13-,16-/m1/s1. The summed E-state index contributed by atoms with van der Waals surface area (Å²) in [5, 5.41) is 0. The van der Waals surface area contributed by atoms with Crippen molar-refractivity contribution in [2.75, 3.05) is 24.1 Å². The number of hydrogen-bond acceptors (Lipinski definition) is 10. The quantitative estimate of drug-likeness (QED) is 0.411. The molecule has 3 heterocycles. The molecule has 4 atom stereocenters. The number of aromatic nitrogens is 4. The summed E-state index contributed by atoms with van der Waals surface area (Å²) < 4.78 is 54.7. The van der Waals surface area contributed by atoms with Crippen LogP contribution in [-0.4, -0.2) is 80.5 Å². The number of methoxy groups -OCH3 is 1. The van der Waals surface area contributed by atoms with Gasteiger partial charge in [0.2, 0.25) is 0 Å². The first-order chi connectivity index (χ1) is 14.4. The van der Waals surface area contributed by atoms with Crippen molar-refractivity contribution in [3.63, 3.8) is 0 Å². The summed E-state index contributed by atoms with van der Waals surface area (Å²) in [5.41, 5.74) is 5.43. The Morgan fingerprint density at radius 1 is 1.29 bits per heavy atom. The van der Waals surface area contributed by atoms with Crippen molar-refractivity contribution in [2.24, 2.45) is 0 Å². The van der Waals surface area contributed by atoms with Gasteiger partial charge < -0.3 is 29.7 Å². The number of imidazole rings is 1. The predicted octanol–water partition coefficient (Wildman–Crippen LogP) is 0.0546. The molecule has 2 aromatic rings. The van der Waals surface area contributed by atoms with Crippen molar-refractivity contribution in [3.8, 4) is 0 Å². The fourth-order valence-electron chi connectivity index (χ4n) is 3.57. The van der Waals surface area contributed by atoms with Gasteiger partial charge in [0, 0.05) is 7.11 Å². The lowest BCUT2D eigenvalue weighted by atomic mass is 10.1. The van der Waals surface area contributed by atoms with Gasteiger partial charge in [0.1, 0.15) is 24.1 Å². The first kappa shape index (κ1) is 24.0. The molecule has 1 saturated heterocycles. The van der Waals surface area contributed by atoms with E-state index in [-0.39, 0.29) is 18.3 Å². The molecule has 0 saturated carbocycles. The van der Waals surface area contributed by atoms with Gasteiger partial charge in [-0.1, -0.05) is 0 Å². The number of nitrogens with zero attached hydrogens (tertiary/aromatic N) is 4. The van der Waals surface area contributed by atoms with E-state index >= 15 is 0 Å². The van der Waals surface area contributed by atoms with Crippen LogP contribution in [0.1, 0.15) is 26.5 Å². The Kier molecular flexibility index (Phi) is 7.01. The highest BCUT2D eigenvalue weighted by molar-refractivity contribution is 7.97. The number of sulfone groups is 1. The largest absolute Gasteiger partial charge is 0.382 e. The van der Waals surface area contributed by atoms with Crippen LogP contribution in [-0.2, 0) is 28.6 Å². The summed E-state index contributed by atoms with van der Waals surface area (Å²) in [7, 11) is -7.24. The van der Waals surface area contributed by atoms with Crippen LogP contribution < -0.4 is 5.73 Å². The first-order valence-corrected chi connectivity index (χ1v) is 13.1. The van der Waals surface area contributed by atoms with Crippen molar-refractivity contribution >= 4 is 34.4 Å². The lowest BCUT2D eigenvalue weighted by Crippen LogP contribution is -2.38. The summed E-state index contributed by atoms with van der Waals surface area (Å²) >= 11 is 0. The van der Waals surface area contributed by atoms with E-state index in [2.05, 4.69) is 15.0 Å². The monoisotopic (exact) mass is 479 g/mol. The number of rotatable bonds is 9. The van der Waals surface area contributed by atoms with Gasteiger partial charge in [-0.25, -0.2) is 23.4 Å². The molecule has 0 amide bonds. The Morgan fingerprint density at radius 2 is 2.00 bits per heavy atom. The van der Waals surface area contributed by atoms with Crippen LogP contribution in [0, 0.1) is 0 Å². The molecule has 15 heteroatoms. The summed E-state index contributed by atoms with van der Waals surface area (Å²) in [4.78, 5) is 30.3. The zero-order chi connectivity index (χ0) is 23.0. The van der Waals surface area contributed by atoms with E-state index in [1.54, 1.807) is 4.57 Å². The number of nitrogen functional groups attached to an aromatic ring is 1. The van der Waals surface area contributed by atoms with Crippen LogP contribution in [0.5, 0.6) is 0 Å². The van der Waals surface area contributed by atoms with Crippen LogP contribution in [0.4, 0.5) is 5.82 Å². The summed E-state index contributed by atoms with van der Waals surface area (Å²) in [6.07, 6.45) is -0.228. The second kappa shape index (κ2) is 9.06. The van der Waals surface area contributed by atoms with E-state index < -0.39 is 53.2 Å². The molecule has 2 aromatic heterocycles. The molecule has 0 unspecified atom stereocenters. The molecule has 1 aliphatic heterocycles. The van der Waals surface area contributed by atoms with E-state index in [1.165, 1.54) is 19.8 Å². The molecule has 0 spiro atoms. The second-order valence-electron chi connectivity index (χ2n) is 7.53. The molecule has 31 heavy (non-hydrogen) atoms. The third-order valence-electron chi connectivity index (χ3n) is 4.73. The molecule has 0 aromatic carbocycles. The van der Waals surface area contributed by atoms with Gasteiger partial charge in [0.25, 0.3) is 0 Å². The SMILES string of the molecule is CO[C@@H]1[C@H](OC(C)C)[C@@H](CCS(=O)(=O)CP(=O)(O)O)O[C@H]1n1cnc2c(N)ncnc21. The fraction of sp³-hybridized carbons (Fsp3) is 0.688. The highest BCUT2D eigenvalue weighted by Gasteiger charge is 2.48. The number of ether oxygens (including phenoxy) is 3. The third-order valence-corrected chi connectivity index (χ3v) is 8.50. The van der Waals surface area contributed by atoms with Crippen molar-refractivity contribution < 1.29 is 37.0 Å². The number of nitrogens with two attached hydrogens (primary N) is 1. The maximum atomic E-state index is 12.1. The minimum Gasteiger partial charge on any atom is -0.382 e. The molecule has 1 fully saturated rings. The molecule has 0 aliphatic carbocycles. The van der Waals surface area contributed by atoms with Crippen LogP contribution in [0.25, 0.3) is 11.2 Å². The summed E-state index contributed by atoms with van der Waals surface area (Å²) in [5.74, 6) is -0.283. The number of hydrogen-bond donors (Lipinski definition) is 3. The third kappa shape index (κ3) is 5.58. The van der Waals surface area contributed by atoms with Crippen LogP contribution in [0.3, 0.4) is 0 Å². The Labute approximate surface area is 179 Å². The molecule has 3 rings (SSSR count). The van der Waals surface area contributed by atoms with E-state index in [4.69, 9.17) is 29.7 Å². The minimum absolute atomic E-state index is 0.0418. The highest BCUT2D eigenvalue weighted by Crippen LogP contribution is 2.39. The molecule has 0 bridgehead atoms. The lowest BCUT2D eigenvalue weighted by Gasteiger charge is -2.25. The molecular formula is C16H26N5O8PS. The predicted molar refractivity (Wildman–Crippen MR) is 110 cm³/mol. The molecule has 4 N–H and O–H groups in total. The van der Waals surface area contributed by atoms with Gasteiger partial charge in [-0.3, -0.25) is 9.13 Å². The van der Waals surface area contributed by atoms with Crippen LogP contribution in [0.2, 0.25) is 0 Å². The highest BCUT2D eigenvalue weighted by atomic mass is 32.2. The Morgan fingerprint density at radius 3 is 2.61 bits per heavy atom. The Hall–Kier alpha value is -1.67. The van der Waals surface area contributed by atoms with Gasteiger partial charge in [0.05, 0.1) is 24.3 Å². The molecular weight excluding hydrogens is 453 g/mol. The van der Waals surface area contributed by atoms with Gasteiger partial charge >= 0.3 is 7.60 Å². The van der Waals surface area contributed by atoms with E-state index in [1.807, 2.05) is 13.8 Å². The van der Waals surface area contributed by atoms with Gasteiger partial charge in [0.15, 0.2) is 33.0 Å². The first-order valence-electron chi connectivity index (χ1n) is 9.43. The van der Waals surface area contributed by atoms with Crippen molar-refractivity contribution in [1.82, 2.24) is 19.5 Å². The van der Waals surface area contributed by atoms with Crippen LogP contribution >= 0.6 is 7.60 Å². The van der Waals surface area contributed by atoms with E-state index in [0.717, 1.165) is 0 Å². The van der Waals surface area contributed by atoms with Crippen molar-refractivity contribution in [3.05, 3.63) is 12.7 Å². The fourth-order valence-corrected chi connectivity index (χ4v) is 6.72. The van der Waals surface area contributed by atoms with Crippen LogP contribution in [0.15, 0.2) is 12.7 Å². The van der Waals surface area contributed by atoms with Gasteiger partial charge in [-0.2, -0.15) is 0 Å². The normalized spacial score (nSPS) is 25.0. The zero-order valence-electron chi connectivity index (χ0n) is 17.2. The molecule has 13 nitrogen and oxygen atoms in total. The van der Waals surface area contributed by atoms with E-state index in [9.17, 15) is 13.0 Å². The van der Waals surface area contributed by atoms with Crippen molar-refractivity contribution in [2.45, 2.75) is 50.9 Å². The average Bonchev–Trinajstić information content (AvgIpc) is 3.19. The average molecular weight is 479 g/mol. The maximum Gasteiger partial charge on any atom is 0.340 e. The molecule has 0 radical (unpaired) electrons. The second-order valence-corrected chi connectivity index (χ2v) is 11.8. The summed E-state index contributed by atoms with van der Waals surface area (Å²) in [6, 6.07) is 0. The smallest absolute Gasteiger partial charge is 0.340 e. The Bertz CT molecular complexity index is 1070. The Balaban J connectivity index is 1.88. The maximum absolute atomic E-state index is 12.1. The topological polar surface area (TPSA) is 189 Å². The number of anilines is 1. The minimum atomic E-state index is -4.71. The lowest BCUT2D eigenvalue weighted by molar-refractivity contribution is -0.0785. The molecule has 174 valence electrons. The van der Waals surface area contributed by atoms with Gasteiger partial charge in [-0.15, -0.1) is 0 Å². The van der Waals surface area contributed by atoms with Gasteiger partial charge in [-0.05, 0) is 20.3 Å².